The predicted octanol–water partition coefficient (Wildman–Crippen LogP) is -0.632. The molecule has 1 unspecified atom stereocenters. The normalized spacial score (nSPS) is 13.4. The van der Waals surface area contributed by atoms with Crippen molar-refractivity contribution in [1.29, 1.82) is 0 Å². The largest absolute Gasteiger partial charge is 0.479 e. The molecule has 0 heterocycles. The Morgan fingerprint density at radius 3 is 2.43 bits per heavy atom. The Hall–Kier alpha value is -0.640. The second-order valence-electron chi connectivity index (χ2n) is 1.04. The summed E-state index contributed by atoms with van der Waals surface area (Å²) in [4.78, 5) is 9.48. The van der Waals surface area contributed by atoms with Gasteiger partial charge < -0.3 is 10.8 Å². The van der Waals surface area contributed by atoms with Gasteiger partial charge in [-0.2, -0.15) is 0 Å². The van der Waals surface area contributed by atoms with Gasteiger partial charge in [-0.3, -0.25) is 0 Å². The number of hydrogen-bond donors (Lipinski definition) is 2. The molecule has 0 saturated carbocycles. The summed E-state index contributed by atoms with van der Waals surface area (Å²) in [7, 11) is 0. The van der Waals surface area contributed by atoms with Gasteiger partial charge in [-0.15, -0.1) is 0 Å². The smallest absolute Gasteiger partial charge is 0.339 e. The molecule has 3 nitrogen and oxygen atoms in total. The van der Waals surface area contributed by atoms with Crippen LogP contribution in [0.25, 0.3) is 0 Å². The molecule has 0 radical (unpaired) electrons. The highest BCUT2D eigenvalue weighted by Crippen LogP contribution is 1.83. The molecule has 0 rings (SSSR count). The minimum absolute atomic E-state index is 0.449. The van der Waals surface area contributed by atoms with Gasteiger partial charge in [0, 0.05) is 6.54 Å². The van der Waals surface area contributed by atoms with E-state index in [1.165, 1.54) is 0 Å². The SMILES string of the molecule is N[13CH2][13CH](F)[13C](=O)O. The van der Waals surface area contributed by atoms with Crippen LogP contribution in [0.15, 0.2) is 0 Å². The molecule has 0 aromatic carbocycles. The van der Waals surface area contributed by atoms with Crippen molar-refractivity contribution in [2.24, 2.45) is 5.73 Å². The third-order valence-electron chi connectivity index (χ3n) is 0.475. The molecule has 0 aromatic rings. The van der Waals surface area contributed by atoms with Crippen LogP contribution in [-0.4, -0.2) is 23.8 Å². The average molecular weight is 110 g/mol. The lowest BCUT2D eigenvalue weighted by molar-refractivity contribution is -0.142. The lowest BCUT2D eigenvalue weighted by Crippen LogP contribution is -2.24. The summed E-state index contributed by atoms with van der Waals surface area (Å²) in [6.45, 7) is -0.449. The van der Waals surface area contributed by atoms with Gasteiger partial charge in [0.15, 0.2) is 0 Å². The first-order valence-electron chi connectivity index (χ1n) is 1.75. The Morgan fingerprint density at radius 1 is 2.00 bits per heavy atom. The zero-order chi connectivity index (χ0) is 5.86. The van der Waals surface area contributed by atoms with Crippen molar-refractivity contribution < 1.29 is 14.3 Å². The molecule has 3 N–H and O–H groups in total. The monoisotopic (exact) mass is 110 g/mol. The van der Waals surface area contributed by atoms with Gasteiger partial charge in [0.2, 0.25) is 6.17 Å². The number of alkyl halides is 1. The summed E-state index contributed by atoms with van der Waals surface area (Å²) in [5.41, 5.74) is 4.62. The van der Waals surface area contributed by atoms with Crippen LogP contribution in [0.3, 0.4) is 0 Å². The molecule has 1 atom stereocenters. The van der Waals surface area contributed by atoms with Crippen molar-refractivity contribution in [2.45, 2.75) is 6.17 Å². The zero-order valence-electron chi connectivity index (χ0n) is 3.60. The van der Waals surface area contributed by atoms with Crippen molar-refractivity contribution >= 4 is 5.97 Å². The second-order valence-corrected chi connectivity index (χ2v) is 1.04. The summed E-state index contributed by atoms with van der Waals surface area (Å²) in [6, 6.07) is 0. The van der Waals surface area contributed by atoms with Crippen LogP contribution in [0, 0.1) is 0 Å². The van der Waals surface area contributed by atoms with Crippen LogP contribution < -0.4 is 5.73 Å². The molecule has 0 aliphatic carbocycles. The van der Waals surface area contributed by atoms with Crippen LogP contribution in [0.4, 0.5) is 4.39 Å². The minimum Gasteiger partial charge on any atom is -0.479 e. The molecule has 0 amide bonds. The molecule has 0 saturated heterocycles. The Kier molecular flexibility index (Phi) is 2.29. The summed E-state index contributed by atoms with van der Waals surface area (Å²) < 4.78 is 11.5. The Morgan fingerprint density at radius 2 is 2.43 bits per heavy atom. The highest BCUT2D eigenvalue weighted by molar-refractivity contribution is 5.72. The van der Waals surface area contributed by atoms with E-state index in [1.54, 1.807) is 0 Å². The maximum Gasteiger partial charge on any atom is 0.339 e. The maximum atomic E-state index is 11.5. The van der Waals surface area contributed by atoms with E-state index in [0.717, 1.165) is 0 Å². The molecule has 7 heavy (non-hydrogen) atoms. The molecule has 0 spiro atoms. The fourth-order valence-corrected chi connectivity index (χ4v) is 0.101. The third-order valence-corrected chi connectivity index (χ3v) is 0.475. The van der Waals surface area contributed by atoms with Gasteiger partial charge in [0.05, 0.1) is 0 Å². The molecular formula is C3H6FNO2. The maximum absolute atomic E-state index is 11.5. The molecule has 0 aliphatic rings. The zero-order valence-corrected chi connectivity index (χ0v) is 3.60. The standard InChI is InChI=1S/C3H6FNO2/c4-2(1-5)3(6)7/h2H,1,5H2,(H,6,7)/i1+1,2+1,3+1. The van der Waals surface area contributed by atoms with Crippen LogP contribution in [0.5, 0.6) is 0 Å². The van der Waals surface area contributed by atoms with E-state index in [9.17, 15) is 9.18 Å². The number of nitrogens with two attached hydrogens (primary N) is 1. The van der Waals surface area contributed by atoms with Crippen LogP contribution >= 0.6 is 0 Å². The Bertz CT molecular complexity index is 75.3. The first-order valence-corrected chi connectivity index (χ1v) is 1.75. The fourth-order valence-electron chi connectivity index (χ4n) is 0.101. The first-order chi connectivity index (χ1) is 3.18. The topological polar surface area (TPSA) is 63.3 Å². The van der Waals surface area contributed by atoms with E-state index in [-0.39, 0.29) is 0 Å². The number of rotatable bonds is 2. The van der Waals surface area contributed by atoms with Gasteiger partial charge in [0.1, 0.15) is 0 Å². The van der Waals surface area contributed by atoms with Crippen LogP contribution in [0.2, 0.25) is 0 Å². The summed E-state index contributed by atoms with van der Waals surface area (Å²) in [5, 5.41) is 7.73. The molecule has 0 aliphatic heterocycles. The molecule has 0 aromatic heterocycles. The number of carboxylic acids is 1. The van der Waals surface area contributed by atoms with Crippen molar-refractivity contribution in [2.75, 3.05) is 6.54 Å². The van der Waals surface area contributed by atoms with Gasteiger partial charge in [-0.25, -0.2) is 9.18 Å². The molecule has 0 bridgehead atoms. The van der Waals surface area contributed by atoms with Crippen molar-refractivity contribution in [1.82, 2.24) is 0 Å². The van der Waals surface area contributed by atoms with Crippen molar-refractivity contribution in [3.8, 4) is 0 Å². The molecule has 4 heteroatoms. The van der Waals surface area contributed by atoms with E-state index >= 15 is 0 Å². The van der Waals surface area contributed by atoms with Gasteiger partial charge >= 0.3 is 5.97 Å². The van der Waals surface area contributed by atoms with E-state index < -0.39 is 18.7 Å². The number of carboxylic acid groups (broad SMARTS) is 1. The summed E-state index contributed by atoms with van der Waals surface area (Å²) in [6.07, 6.45) is -1.90. The number of hydrogen-bond acceptors (Lipinski definition) is 2. The fraction of sp³-hybridized carbons (Fsp3) is 0.667. The van der Waals surface area contributed by atoms with Crippen molar-refractivity contribution in [3.63, 3.8) is 0 Å². The van der Waals surface area contributed by atoms with Crippen molar-refractivity contribution in [3.05, 3.63) is 0 Å². The van der Waals surface area contributed by atoms with Crippen LogP contribution in [-0.2, 0) is 4.79 Å². The van der Waals surface area contributed by atoms with Gasteiger partial charge in [-0.1, -0.05) is 0 Å². The number of halogens is 1. The lowest BCUT2D eigenvalue weighted by Gasteiger charge is -1.92. The van der Waals surface area contributed by atoms with Gasteiger partial charge in [0.25, 0.3) is 0 Å². The average Bonchev–Trinajstić information content (AvgIpc) is 1.65. The lowest BCUT2D eigenvalue weighted by atomic mass is 11.3. The quantitative estimate of drug-likeness (QED) is 0.465. The molecule has 42 valence electrons. The molecule has 0 fully saturated rings. The minimum atomic E-state index is -1.90. The highest BCUT2D eigenvalue weighted by Gasteiger charge is 2.10. The highest BCUT2D eigenvalue weighted by atomic mass is 19.2. The summed E-state index contributed by atoms with van der Waals surface area (Å²) in [5.74, 6) is -1.50. The van der Waals surface area contributed by atoms with Crippen LogP contribution in [0.1, 0.15) is 0 Å². The Balaban J connectivity index is 3.34. The molecular weight excluding hydrogens is 104 g/mol. The van der Waals surface area contributed by atoms with Gasteiger partial charge in [-0.05, 0) is 0 Å². The third kappa shape index (κ3) is 2.11. The van der Waals surface area contributed by atoms with E-state index in [0.29, 0.717) is 0 Å². The summed E-state index contributed by atoms with van der Waals surface area (Å²) >= 11 is 0. The number of aliphatic carboxylic acids is 1. The second kappa shape index (κ2) is 2.52. The van der Waals surface area contributed by atoms with E-state index in [1.807, 2.05) is 0 Å². The number of carbonyl (C=O) groups is 1. The van der Waals surface area contributed by atoms with E-state index in [2.05, 4.69) is 5.73 Å². The predicted molar refractivity (Wildman–Crippen MR) is 21.6 cm³/mol. The van der Waals surface area contributed by atoms with E-state index in [4.69, 9.17) is 5.11 Å². The first kappa shape index (κ1) is 6.36. The Labute approximate surface area is 39.9 Å².